The summed E-state index contributed by atoms with van der Waals surface area (Å²) in [5.74, 6) is 2.63. The number of aryl methyl sites for hydroxylation is 1. The van der Waals surface area contributed by atoms with Crippen LogP contribution in [0.25, 0.3) is 48.5 Å². The molecule has 3 fully saturated rings. The van der Waals surface area contributed by atoms with E-state index < -0.39 is 23.3 Å². The molecule has 0 bridgehead atoms. The number of nitrogens with two attached hydrogens (primary N) is 1. The molecule has 5 N–H and O–H groups in total. The van der Waals surface area contributed by atoms with Gasteiger partial charge in [0.15, 0.2) is 23.0 Å². The number of para-hydroxylation sites is 3. The number of aromatic nitrogens is 5. The van der Waals surface area contributed by atoms with Gasteiger partial charge in [0.1, 0.15) is 23.1 Å². The van der Waals surface area contributed by atoms with Crippen LogP contribution in [-0.2, 0) is 49.5 Å². The van der Waals surface area contributed by atoms with E-state index in [1.54, 1.807) is 46.5 Å². The van der Waals surface area contributed by atoms with Crippen molar-refractivity contribution in [1.29, 1.82) is 5.26 Å². The van der Waals surface area contributed by atoms with Crippen molar-refractivity contribution in [2.45, 2.75) is 78.6 Å². The Kier molecular flexibility index (Phi) is 29.3. The van der Waals surface area contributed by atoms with Crippen molar-refractivity contribution < 1.29 is 66.6 Å². The average molecular weight is 1490 g/mol. The van der Waals surface area contributed by atoms with Gasteiger partial charge >= 0.3 is 30.3 Å². The number of H-pyrrole nitrogens is 1. The Morgan fingerprint density at radius 2 is 1.07 bits per heavy atom. The third-order valence-electron chi connectivity index (χ3n) is 16.7. The Labute approximate surface area is 625 Å². The molecule has 3 aliphatic heterocycles. The number of alkyl carbamates (subject to hydrolysis) is 2. The molecule has 9 aromatic rings. The molecule has 560 valence electrons. The number of aromatic amines is 1. The summed E-state index contributed by atoms with van der Waals surface area (Å²) in [6.45, 7) is 25.9. The first-order valence-electron chi connectivity index (χ1n) is 34.2. The van der Waals surface area contributed by atoms with Gasteiger partial charge in [-0.05, 0) is 126 Å². The first kappa shape index (κ1) is 80.6. The monoisotopic (exact) mass is 1490 g/mol. The minimum absolute atomic E-state index is 0.0409. The zero-order valence-electron chi connectivity index (χ0n) is 61.3. The summed E-state index contributed by atoms with van der Waals surface area (Å²) in [7, 11) is 6.16. The van der Waals surface area contributed by atoms with Crippen molar-refractivity contribution in [3.8, 4) is 29.1 Å². The fourth-order valence-corrected chi connectivity index (χ4v) is 11.9. The predicted molar refractivity (Wildman–Crippen MR) is 410 cm³/mol. The number of hydrogen-bond donors (Lipinski definition) is 4. The second-order valence-electron chi connectivity index (χ2n) is 26.0. The smallest absolute Gasteiger partial charge is 0.438 e. The summed E-state index contributed by atoms with van der Waals surface area (Å²) in [6, 6.07) is 32.0. The molecule has 0 saturated carbocycles. The number of rotatable bonds is 14. The maximum Gasteiger partial charge on any atom is 0.438 e. The first-order valence-corrected chi connectivity index (χ1v) is 35.1. The quantitative estimate of drug-likeness (QED) is 0.0446. The van der Waals surface area contributed by atoms with Crippen LogP contribution in [0.5, 0.6) is 23.0 Å². The summed E-state index contributed by atoms with van der Waals surface area (Å²) < 4.78 is 52.7. The third kappa shape index (κ3) is 22.0. The van der Waals surface area contributed by atoms with Crippen LogP contribution >= 0.6 is 24.4 Å². The highest BCUT2D eigenvalue weighted by Crippen LogP contribution is 2.36. The molecule has 30 heteroatoms. The van der Waals surface area contributed by atoms with Crippen LogP contribution in [0.2, 0.25) is 0 Å². The molecule has 4 aromatic heterocycles. The van der Waals surface area contributed by atoms with Crippen molar-refractivity contribution >= 4 is 115 Å². The molecule has 0 unspecified atom stereocenters. The topological polar surface area (TPSA) is 312 Å². The molecule has 3 saturated heterocycles. The molecule has 6 amide bonds. The lowest BCUT2D eigenvalue weighted by atomic mass is 10.1. The second kappa shape index (κ2) is 38.6. The summed E-state index contributed by atoms with van der Waals surface area (Å²) in [6.07, 6.45) is 7.00. The number of carbonyl (C=O) groups is 5. The van der Waals surface area contributed by atoms with Crippen molar-refractivity contribution in [3.05, 3.63) is 154 Å². The van der Waals surface area contributed by atoms with E-state index >= 15 is 0 Å². The normalized spacial score (nSPS) is 13.4. The number of anilines is 1. The lowest BCUT2D eigenvalue weighted by molar-refractivity contribution is 0.0517. The van der Waals surface area contributed by atoms with E-state index in [4.69, 9.17) is 72.4 Å². The molecule has 3 aliphatic rings. The number of nitrogen functional groups attached to an aromatic ring is 1. The maximum atomic E-state index is 13.2. The minimum Gasteiger partial charge on any atom is -0.493 e. The number of thiocarbonyl (C=S) groups is 1. The number of nitrogens with zero attached hydrogens (tertiary/aromatic N) is 10. The number of amides is 6. The van der Waals surface area contributed by atoms with E-state index in [0.29, 0.717) is 162 Å². The molecular formula is C76H90N14O14S2. The third-order valence-corrected chi connectivity index (χ3v) is 17.1. The molecule has 0 aliphatic carbocycles. The zero-order valence-corrected chi connectivity index (χ0v) is 62.9. The zero-order chi connectivity index (χ0) is 76.5. The predicted octanol–water partition coefficient (Wildman–Crippen LogP) is 12.8. The second-order valence-corrected chi connectivity index (χ2v) is 26.6. The lowest BCUT2D eigenvalue weighted by Gasteiger charge is -2.27. The maximum absolute atomic E-state index is 13.2. The van der Waals surface area contributed by atoms with E-state index in [1.165, 1.54) is 30.1 Å². The molecule has 28 nitrogen and oxygen atoms in total. The van der Waals surface area contributed by atoms with E-state index in [-0.39, 0.29) is 18.2 Å². The molecule has 106 heavy (non-hydrogen) atoms. The number of nitriles is 1. The number of fused-ring (bicyclic) bond motifs is 4. The van der Waals surface area contributed by atoms with Crippen molar-refractivity contribution in [3.63, 3.8) is 0 Å². The average Bonchev–Trinajstić information content (AvgIpc) is 1.31. The summed E-state index contributed by atoms with van der Waals surface area (Å²) in [5, 5.41) is 20.6. The fraction of sp³-hybridized carbons (Fsp3) is 0.395. The van der Waals surface area contributed by atoms with Gasteiger partial charge in [0, 0.05) is 110 Å². The van der Waals surface area contributed by atoms with Gasteiger partial charge in [-0.2, -0.15) is 10.3 Å². The van der Waals surface area contributed by atoms with Gasteiger partial charge in [0.25, 0.3) is 0 Å². The Morgan fingerprint density at radius 3 is 1.55 bits per heavy atom. The largest absolute Gasteiger partial charge is 0.493 e. The number of benzene rings is 5. The SMILES string of the molecule is CC(C)(C)OC(=O)NCCc1c[nH]c2ccccc12.CC(C)(C)OC(=O)NCCc1cn(C(=O)N2CCOCC2)c2ccccc12.COc1cc(C#N)c(N=C=S)cc1OC.COc1cc2nc(=S)n(CCc3cn(C(=O)N4CCOCC4)c4ccccc34)c(N)c2cc1OC.[C-]#[N+]C(=O)N1CCOCC1. The number of urea groups is 1. The van der Waals surface area contributed by atoms with Crippen LogP contribution in [0.4, 0.5) is 35.5 Å². The van der Waals surface area contributed by atoms with Crippen LogP contribution in [0.15, 0.2) is 121 Å². The van der Waals surface area contributed by atoms with Gasteiger partial charge < -0.3 is 83.2 Å². The Hall–Kier alpha value is -11.1. The number of morpholine rings is 3. The first-order chi connectivity index (χ1) is 50.9. The van der Waals surface area contributed by atoms with E-state index in [0.717, 1.165) is 50.3 Å². The Bertz CT molecular complexity index is 4750. The van der Waals surface area contributed by atoms with Crippen LogP contribution < -0.4 is 35.3 Å². The van der Waals surface area contributed by atoms with Crippen LogP contribution in [0.3, 0.4) is 0 Å². The van der Waals surface area contributed by atoms with Crippen molar-refractivity contribution in [2.24, 2.45) is 4.99 Å². The number of nitrogens with one attached hydrogen (secondary N) is 3. The number of isothiocyanates is 1. The molecule has 5 aromatic carbocycles. The molecular weight excluding hydrogens is 1400 g/mol. The number of hydrogen-bond acceptors (Lipinski definition) is 20. The van der Waals surface area contributed by atoms with Gasteiger partial charge in [0.05, 0.1) is 114 Å². The number of methoxy groups -OCH3 is 4. The standard InChI is InChI=1S/C25H27N5O4S.C20H27N3O4.C15H20N2O2.C10H8N2O2S.C6H8N2O2/c1-32-21-13-18-19(14-22(21)33-2)27-24(35)29(23(18)26)8-7-16-15-30(20-6-4-3-5-17(16)20)25(31)28-9-11-34-12-10-28;1-20(2,3)27-18(24)21-9-8-15-14-23(17-7-5-4-6-16(15)17)19(25)22-10-12-26-13-11-22;1-15(2,3)19-14(18)16-9-8-11-10-17-13-7-5-4-6-12(11)13;1-13-9-3-7(5-11)8(12-6-15)4-10(9)14-2;1-7-6(9)8-2-4-10-5-3-8/h3-6,13-15H,7-12,26H2,1-2H3;4-7,14H,8-13H2,1-3H3,(H,21,24);4-7,10,17H,8-9H2,1-3H3,(H,16,18);3-4H,1-2H3;2-5H2. The fourth-order valence-electron chi connectivity index (χ4n) is 11.5. The van der Waals surface area contributed by atoms with Crippen molar-refractivity contribution in [2.75, 3.05) is 126 Å². The molecule has 0 radical (unpaired) electrons. The van der Waals surface area contributed by atoms with E-state index in [1.807, 2.05) is 148 Å². The van der Waals surface area contributed by atoms with Crippen LogP contribution in [0.1, 0.15) is 63.8 Å². The minimum atomic E-state index is -0.523. The summed E-state index contributed by atoms with van der Waals surface area (Å²) in [5.41, 5.74) is 13.1. The molecule has 0 atom stereocenters. The summed E-state index contributed by atoms with van der Waals surface area (Å²) in [4.78, 5) is 79.6. The van der Waals surface area contributed by atoms with Crippen LogP contribution in [-0.4, -0.2) is 205 Å². The van der Waals surface area contributed by atoms with Crippen molar-refractivity contribution in [1.82, 2.24) is 49.0 Å². The Morgan fingerprint density at radius 1 is 0.623 bits per heavy atom. The highest BCUT2D eigenvalue weighted by atomic mass is 32.1. The van der Waals surface area contributed by atoms with E-state index in [9.17, 15) is 24.0 Å². The highest BCUT2D eigenvalue weighted by Gasteiger charge is 2.25. The van der Waals surface area contributed by atoms with Crippen LogP contribution in [0, 0.1) is 22.7 Å². The molecule has 0 spiro atoms. The van der Waals surface area contributed by atoms with Gasteiger partial charge in [-0.3, -0.25) is 18.8 Å². The van der Waals surface area contributed by atoms with Gasteiger partial charge in [0.2, 0.25) is 4.77 Å². The van der Waals surface area contributed by atoms with Gasteiger partial charge in [-0.1, -0.05) is 61.2 Å². The lowest BCUT2D eigenvalue weighted by Crippen LogP contribution is -2.42. The number of carbonyl (C=O) groups excluding carboxylic acids is 5. The summed E-state index contributed by atoms with van der Waals surface area (Å²) >= 11 is 10.1. The van der Waals surface area contributed by atoms with Gasteiger partial charge in [-0.15, -0.1) is 0 Å². The molecule has 12 rings (SSSR count). The number of aliphatic imine (C=N–C) groups is 1. The highest BCUT2D eigenvalue weighted by molar-refractivity contribution is 7.78. The van der Waals surface area contributed by atoms with Gasteiger partial charge in [-0.25, -0.2) is 24.2 Å². The molecule has 7 heterocycles. The number of ether oxygens (including phenoxy) is 9. The van der Waals surface area contributed by atoms with E-state index in [2.05, 4.69) is 53.9 Å². The Balaban J connectivity index is 0.000000178.